The van der Waals surface area contributed by atoms with Crippen molar-refractivity contribution in [1.82, 2.24) is 9.38 Å². The number of rotatable bonds is 3. The van der Waals surface area contributed by atoms with E-state index >= 15 is 0 Å². The van der Waals surface area contributed by atoms with E-state index in [9.17, 15) is 12.8 Å². The third kappa shape index (κ3) is 2.34. The highest BCUT2D eigenvalue weighted by Gasteiger charge is 2.24. The van der Waals surface area contributed by atoms with E-state index in [0.717, 1.165) is 6.07 Å². The Kier molecular flexibility index (Phi) is 3.10. The average molecular weight is 326 g/mol. The van der Waals surface area contributed by atoms with Crippen molar-refractivity contribution in [3.8, 4) is 0 Å². The summed E-state index contributed by atoms with van der Waals surface area (Å²) in [6.45, 7) is 1.59. The molecule has 0 amide bonds. The van der Waals surface area contributed by atoms with Gasteiger partial charge < -0.3 is 5.73 Å². The molecule has 0 aliphatic heterocycles. The molecule has 9 heteroatoms. The zero-order valence-corrected chi connectivity index (χ0v) is 12.5. The lowest BCUT2D eigenvalue weighted by Crippen LogP contribution is -2.16. The molecule has 2 aromatic heterocycles. The van der Waals surface area contributed by atoms with Crippen LogP contribution in [0.4, 0.5) is 15.9 Å². The molecular formula is C12H11FN4O2S2. The fourth-order valence-electron chi connectivity index (χ4n) is 1.91. The quantitative estimate of drug-likeness (QED) is 0.772. The smallest absolute Gasteiger partial charge is 0.281 e. The molecule has 0 unspecified atom stereocenters. The highest BCUT2D eigenvalue weighted by Crippen LogP contribution is 2.25. The standard InChI is InChI=1S/C12H11FN4O2S2/c1-7-2-3-8(6-9(7)13)16-21(18,19)11-10(14)15-12-17(11)4-5-20-12/h2-6,16H,14H2,1H3. The lowest BCUT2D eigenvalue weighted by Gasteiger charge is -2.08. The van der Waals surface area contributed by atoms with Crippen molar-refractivity contribution in [1.29, 1.82) is 0 Å². The van der Waals surface area contributed by atoms with Crippen molar-refractivity contribution in [3.63, 3.8) is 0 Å². The molecule has 0 fully saturated rings. The Morgan fingerprint density at radius 3 is 2.90 bits per heavy atom. The predicted molar refractivity (Wildman–Crippen MR) is 79.4 cm³/mol. The maximum absolute atomic E-state index is 13.5. The molecular weight excluding hydrogens is 315 g/mol. The number of hydrogen-bond acceptors (Lipinski definition) is 5. The SMILES string of the molecule is Cc1ccc(NS(=O)(=O)c2c(N)nc3sccn23)cc1F. The molecule has 1 aromatic carbocycles. The van der Waals surface area contributed by atoms with Gasteiger partial charge in [-0.05, 0) is 24.6 Å². The summed E-state index contributed by atoms with van der Waals surface area (Å²) in [5.41, 5.74) is 6.23. The molecule has 0 aliphatic carbocycles. The van der Waals surface area contributed by atoms with Gasteiger partial charge >= 0.3 is 0 Å². The number of imidazole rings is 1. The van der Waals surface area contributed by atoms with E-state index < -0.39 is 15.8 Å². The molecule has 0 saturated heterocycles. The Balaban J connectivity index is 2.06. The molecule has 3 rings (SSSR count). The number of sulfonamides is 1. The topological polar surface area (TPSA) is 89.5 Å². The van der Waals surface area contributed by atoms with E-state index in [0.29, 0.717) is 10.5 Å². The summed E-state index contributed by atoms with van der Waals surface area (Å²) in [5.74, 6) is -0.584. The van der Waals surface area contributed by atoms with E-state index in [1.165, 1.54) is 27.9 Å². The molecule has 2 heterocycles. The number of nitrogens with zero attached hydrogens (tertiary/aromatic N) is 2. The van der Waals surface area contributed by atoms with Crippen LogP contribution in [0.15, 0.2) is 34.8 Å². The average Bonchev–Trinajstić information content (AvgIpc) is 2.92. The molecule has 0 aliphatic rings. The first-order valence-electron chi connectivity index (χ1n) is 5.88. The second kappa shape index (κ2) is 4.71. The lowest BCUT2D eigenvalue weighted by atomic mass is 10.2. The zero-order chi connectivity index (χ0) is 15.2. The van der Waals surface area contributed by atoms with E-state index in [1.54, 1.807) is 18.5 Å². The van der Waals surface area contributed by atoms with Gasteiger partial charge in [0.2, 0.25) is 5.03 Å². The fourth-order valence-corrected chi connectivity index (χ4v) is 3.95. The largest absolute Gasteiger partial charge is 0.381 e. The summed E-state index contributed by atoms with van der Waals surface area (Å²) in [5, 5.41) is 1.55. The van der Waals surface area contributed by atoms with Crippen LogP contribution in [0.2, 0.25) is 0 Å². The van der Waals surface area contributed by atoms with Crippen molar-refractivity contribution in [2.45, 2.75) is 11.9 Å². The molecule has 3 aromatic rings. The highest BCUT2D eigenvalue weighted by atomic mass is 32.2. The lowest BCUT2D eigenvalue weighted by molar-refractivity contribution is 0.597. The van der Waals surface area contributed by atoms with Crippen LogP contribution in [-0.4, -0.2) is 17.8 Å². The van der Waals surface area contributed by atoms with Crippen LogP contribution in [-0.2, 0) is 10.0 Å². The van der Waals surface area contributed by atoms with E-state index in [-0.39, 0.29) is 16.5 Å². The van der Waals surface area contributed by atoms with Gasteiger partial charge in [-0.15, -0.1) is 11.3 Å². The number of nitrogens with two attached hydrogens (primary N) is 1. The Morgan fingerprint density at radius 1 is 1.43 bits per heavy atom. The first kappa shape index (κ1) is 13.8. The monoisotopic (exact) mass is 326 g/mol. The molecule has 3 N–H and O–H groups in total. The van der Waals surface area contributed by atoms with Gasteiger partial charge in [-0.1, -0.05) is 6.07 Å². The van der Waals surface area contributed by atoms with Gasteiger partial charge in [-0.2, -0.15) is 8.42 Å². The molecule has 0 atom stereocenters. The molecule has 0 bridgehead atoms. The predicted octanol–water partition coefficient (Wildman–Crippen LogP) is 2.23. The highest BCUT2D eigenvalue weighted by molar-refractivity contribution is 7.92. The third-order valence-electron chi connectivity index (χ3n) is 2.92. The summed E-state index contributed by atoms with van der Waals surface area (Å²) in [7, 11) is -3.96. The zero-order valence-electron chi connectivity index (χ0n) is 10.9. The van der Waals surface area contributed by atoms with Crippen LogP contribution in [0.5, 0.6) is 0 Å². The molecule has 110 valence electrons. The van der Waals surface area contributed by atoms with Crippen molar-refractivity contribution in [2.24, 2.45) is 0 Å². The first-order valence-corrected chi connectivity index (χ1v) is 8.25. The fraction of sp³-hybridized carbons (Fsp3) is 0.0833. The van der Waals surface area contributed by atoms with Gasteiger partial charge in [0.15, 0.2) is 10.8 Å². The minimum absolute atomic E-state index is 0.0954. The van der Waals surface area contributed by atoms with Crippen molar-refractivity contribution >= 4 is 37.8 Å². The number of nitrogens with one attached hydrogen (secondary N) is 1. The summed E-state index contributed by atoms with van der Waals surface area (Å²) >= 11 is 1.27. The normalized spacial score (nSPS) is 11.9. The van der Waals surface area contributed by atoms with Crippen molar-refractivity contribution in [2.75, 3.05) is 10.5 Å². The molecule has 0 saturated carbocycles. The van der Waals surface area contributed by atoms with Gasteiger partial charge in [-0.25, -0.2) is 9.37 Å². The number of fused-ring (bicyclic) bond motifs is 1. The van der Waals surface area contributed by atoms with Crippen LogP contribution in [0.1, 0.15) is 5.56 Å². The summed E-state index contributed by atoms with van der Waals surface area (Å²) in [4.78, 5) is 4.45. The second-order valence-corrected chi connectivity index (χ2v) is 6.90. The molecule has 6 nitrogen and oxygen atoms in total. The van der Waals surface area contributed by atoms with Gasteiger partial charge in [0, 0.05) is 11.6 Å². The number of anilines is 2. The molecule has 0 radical (unpaired) electrons. The van der Waals surface area contributed by atoms with Crippen LogP contribution in [0, 0.1) is 12.7 Å². The maximum atomic E-state index is 13.5. The Bertz CT molecular complexity index is 930. The van der Waals surface area contributed by atoms with Gasteiger partial charge in [-0.3, -0.25) is 9.12 Å². The van der Waals surface area contributed by atoms with Gasteiger partial charge in [0.05, 0.1) is 5.69 Å². The maximum Gasteiger partial charge on any atom is 0.281 e. The number of halogens is 1. The van der Waals surface area contributed by atoms with Crippen LogP contribution >= 0.6 is 11.3 Å². The van der Waals surface area contributed by atoms with E-state index in [4.69, 9.17) is 5.73 Å². The molecule has 0 spiro atoms. The van der Waals surface area contributed by atoms with E-state index in [1.807, 2.05) is 0 Å². The van der Waals surface area contributed by atoms with E-state index in [2.05, 4.69) is 9.71 Å². The number of nitrogen functional groups attached to an aromatic ring is 1. The van der Waals surface area contributed by atoms with Crippen LogP contribution in [0.25, 0.3) is 4.96 Å². The van der Waals surface area contributed by atoms with Crippen LogP contribution in [0.3, 0.4) is 0 Å². The minimum atomic E-state index is -3.96. The number of hydrogen-bond donors (Lipinski definition) is 2. The van der Waals surface area contributed by atoms with Gasteiger partial charge in [0.25, 0.3) is 10.0 Å². The Morgan fingerprint density at radius 2 is 2.19 bits per heavy atom. The Hall–Kier alpha value is -2.13. The first-order chi connectivity index (χ1) is 9.88. The van der Waals surface area contributed by atoms with Crippen molar-refractivity contribution in [3.05, 3.63) is 41.2 Å². The summed E-state index contributed by atoms with van der Waals surface area (Å²) in [6, 6.07) is 4.10. The molecule has 21 heavy (non-hydrogen) atoms. The number of aromatic nitrogens is 2. The summed E-state index contributed by atoms with van der Waals surface area (Å²) < 4.78 is 42.0. The number of thiazole rings is 1. The Labute approximate surface area is 124 Å². The minimum Gasteiger partial charge on any atom is -0.381 e. The van der Waals surface area contributed by atoms with Crippen molar-refractivity contribution < 1.29 is 12.8 Å². The second-order valence-electron chi connectivity index (χ2n) is 4.43. The number of aryl methyl sites for hydroxylation is 1. The number of benzene rings is 1. The third-order valence-corrected chi connectivity index (χ3v) is 5.10. The van der Waals surface area contributed by atoms with Crippen LogP contribution < -0.4 is 10.5 Å². The summed E-state index contributed by atoms with van der Waals surface area (Å²) in [6.07, 6.45) is 1.56. The van der Waals surface area contributed by atoms with Gasteiger partial charge in [0.1, 0.15) is 5.82 Å².